The summed E-state index contributed by atoms with van der Waals surface area (Å²) in [5.74, 6) is -0.342. The van der Waals surface area contributed by atoms with Crippen molar-refractivity contribution in [1.29, 1.82) is 0 Å². The molecular formula is C20H25N3O4S. The maximum atomic E-state index is 12.8. The number of amides is 1. The van der Waals surface area contributed by atoms with E-state index in [2.05, 4.69) is 14.9 Å². The quantitative estimate of drug-likeness (QED) is 0.773. The molecule has 0 saturated carbocycles. The van der Waals surface area contributed by atoms with E-state index in [1.807, 2.05) is 24.3 Å². The summed E-state index contributed by atoms with van der Waals surface area (Å²) in [6.07, 6.45) is 0. The minimum atomic E-state index is -3.63. The molecule has 0 atom stereocenters. The molecule has 0 bridgehead atoms. The average molecular weight is 404 g/mol. The Morgan fingerprint density at radius 1 is 1.14 bits per heavy atom. The average Bonchev–Trinajstić information content (AvgIpc) is 2.69. The standard InChI is InChI=1S/C20H25N3O4S/c1-3-21-28(25,26)18-8-7-15(2)19(14-18)20(24)22-16-5-4-6-17(13-16)23-9-11-27-12-10-23/h4-8,13-14,21H,3,9-12H2,1-2H3,(H,22,24). The van der Waals surface area contributed by atoms with Crippen LogP contribution in [0, 0.1) is 6.92 Å². The van der Waals surface area contributed by atoms with Crippen LogP contribution in [0.25, 0.3) is 0 Å². The molecule has 1 heterocycles. The summed E-state index contributed by atoms with van der Waals surface area (Å²) in [5.41, 5.74) is 2.71. The van der Waals surface area contributed by atoms with Crippen LogP contribution < -0.4 is 14.9 Å². The smallest absolute Gasteiger partial charge is 0.255 e. The summed E-state index contributed by atoms with van der Waals surface area (Å²) < 4.78 is 32.3. The van der Waals surface area contributed by atoms with Gasteiger partial charge in [-0.05, 0) is 42.8 Å². The van der Waals surface area contributed by atoms with E-state index in [0.717, 1.165) is 18.8 Å². The highest BCUT2D eigenvalue weighted by atomic mass is 32.2. The second kappa shape index (κ2) is 8.72. The first-order valence-corrected chi connectivity index (χ1v) is 10.7. The zero-order valence-electron chi connectivity index (χ0n) is 16.1. The fraction of sp³-hybridized carbons (Fsp3) is 0.350. The maximum Gasteiger partial charge on any atom is 0.255 e. The van der Waals surface area contributed by atoms with Crippen LogP contribution in [0.1, 0.15) is 22.8 Å². The molecular weight excluding hydrogens is 378 g/mol. The van der Waals surface area contributed by atoms with Crippen LogP contribution >= 0.6 is 0 Å². The summed E-state index contributed by atoms with van der Waals surface area (Å²) in [7, 11) is -3.63. The van der Waals surface area contributed by atoms with Gasteiger partial charge in [0.2, 0.25) is 10.0 Å². The second-order valence-corrected chi connectivity index (χ2v) is 8.35. The first-order chi connectivity index (χ1) is 13.4. The minimum Gasteiger partial charge on any atom is -0.378 e. The van der Waals surface area contributed by atoms with E-state index in [1.165, 1.54) is 12.1 Å². The van der Waals surface area contributed by atoms with Crippen LogP contribution in [-0.4, -0.2) is 47.2 Å². The third kappa shape index (κ3) is 4.70. The molecule has 0 aromatic heterocycles. The number of sulfonamides is 1. The summed E-state index contributed by atoms with van der Waals surface area (Å²) in [6, 6.07) is 12.2. The predicted octanol–water partition coefficient (Wildman–Crippen LogP) is 2.38. The molecule has 1 fully saturated rings. The molecule has 1 saturated heterocycles. The first-order valence-electron chi connectivity index (χ1n) is 9.25. The summed E-state index contributed by atoms with van der Waals surface area (Å²) in [6.45, 7) is 6.75. The third-order valence-electron chi connectivity index (χ3n) is 4.58. The highest BCUT2D eigenvalue weighted by Crippen LogP contribution is 2.22. The first kappa shape index (κ1) is 20.3. The van der Waals surface area contributed by atoms with Gasteiger partial charge in [-0.25, -0.2) is 13.1 Å². The van der Waals surface area contributed by atoms with Gasteiger partial charge in [-0.3, -0.25) is 4.79 Å². The van der Waals surface area contributed by atoms with Gasteiger partial charge in [-0.2, -0.15) is 0 Å². The molecule has 1 aliphatic heterocycles. The van der Waals surface area contributed by atoms with Crippen molar-refractivity contribution in [1.82, 2.24) is 4.72 Å². The Morgan fingerprint density at radius 2 is 1.89 bits per heavy atom. The molecule has 2 N–H and O–H groups in total. The Morgan fingerprint density at radius 3 is 2.61 bits per heavy atom. The van der Waals surface area contributed by atoms with Gasteiger partial charge in [-0.15, -0.1) is 0 Å². The lowest BCUT2D eigenvalue weighted by atomic mass is 10.1. The highest BCUT2D eigenvalue weighted by Gasteiger charge is 2.18. The molecule has 0 spiro atoms. The van der Waals surface area contributed by atoms with Crippen molar-refractivity contribution in [2.24, 2.45) is 0 Å². The number of anilines is 2. The van der Waals surface area contributed by atoms with E-state index in [0.29, 0.717) is 30.0 Å². The van der Waals surface area contributed by atoms with Crippen molar-refractivity contribution < 1.29 is 17.9 Å². The normalized spacial score (nSPS) is 14.7. The second-order valence-electron chi connectivity index (χ2n) is 6.58. The van der Waals surface area contributed by atoms with Gasteiger partial charge in [0.1, 0.15) is 0 Å². The summed E-state index contributed by atoms with van der Waals surface area (Å²) in [4.78, 5) is 15.1. The molecule has 2 aromatic rings. The van der Waals surface area contributed by atoms with E-state index in [-0.39, 0.29) is 17.3 Å². The van der Waals surface area contributed by atoms with E-state index in [9.17, 15) is 13.2 Å². The van der Waals surface area contributed by atoms with Gasteiger partial charge >= 0.3 is 0 Å². The number of rotatable bonds is 6. The largest absolute Gasteiger partial charge is 0.378 e. The predicted molar refractivity (Wildman–Crippen MR) is 109 cm³/mol. The summed E-state index contributed by atoms with van der Waals surface area (Å²) in [5, 5.41) is 2.88. The van der Waals surface area contributed by atoms with Gasteiger partial charge in [0.05, 0.1) is 18.1 Å². The van der Waals surface area contributed by atoms with Gasteiger partial charge in [0.15, 0.2) is 0 Å². The van der Waals surface area contributed by atoms with Gasteiger partial charge in [0, 0.05) is 36.6 Å². The number of hydrogen-bond donors (Lipinski definition) is 2. The Labute approximate surface area is 165 Å². The van der Waals surface area contributed by atoms with E-state index >= 15 is 0 Å². The van der Waals surface area contributed by atoms with Crippen molar-refractivity contribution in [3.8, 4) is 0 Å². The number of nitrogens with zero attached hydrogens (tertiary/aromatic N) is 1. The van der Waals surface area contributed by atoms with Crippen LogP contribution in [0.2, 0.25) is 0 Å². The van der Waals surface area contributed by atoms with Crippen molar-refractivity contribution in [2.75, 3.05) is 43.1 Å². The zero-order chi connectivity index (χ0) is 20.1. The Kier molecular flexibility index (Phi) is 6.33. The van der Waals surface area contributed by atoms with Gasteiger partial charge in [-0.1, -0.05) is 19.1 Å². The van der Waals surface area contributed by atoms with Crippen molar-refractivity contribution in [3.63, 3.8) is 0 Å². The van der Waals surface area contributed by atoms with Crippen molar-refractivity contribution in [2.45, 2.75) is 18.7 Å². The highest BCUT2D eigenvalue weighted by molar-refractivity contribution is 7.89. The van der Waals surface area contributed by atoms with Crippen LogP contribution in [0.4, 0.5) is 11.4 Å². The fourth-order valence-corrected chi connectivity index (χ4v) is 4.15. The molecule has 1 aliphatic rings. The number of nitrogens with one attached hydrogen (secondary N) is 2. The number of aryl methyl sites for hydroxylation is 1. The number of carbonyl (C=O) groups is 1. The Bertz CT molecular complexity index is 954. The zero-order valence-corrected chi connectivity index (χ0v) is 16.9. The lowest BCUT2D eigenvalue weighted by molar-refractivity contribution is 0.102. The van der Waals surface area contributed by atoms with E-state index in [4.69, 9.17) is 4.74 Å². The lowest BCUT2D eigenvalue weighted by Gasteiger charge is -2.29. The van der Waals surface area contributed by atoms with Gasteiger partial charge < -0.3 is 15.0 Å². The number of hydrogen-bond acceptors (Lipinski definition) is 5. The van der Waals surface area contributed by atoms with Crippen molar-refractivity contribution >= 4 is 27.3 Å². The molecule has 2 aromatic carbocycles. The van der Waals surface area contributed by atoms with Gasteiger partial charge in [0.25, 0.3) is 5.91 Å². The topological polar surface area (TPSA) is 87.7 Å². The van der Waals surface area contributed by atoms with E-state index in [1.54, 1.807) is 19.9 Å². The molecule has 150 valence electrons. The number of ether oxygens (including phenoxy) is 1. The number of carbonyl (C=O) groups excluding carboxylic acids is 1. The van der Waals surface area contributed by atoms with Crippen LogP contribution in [-0.2, 0) is 14.8 Å². The Balaban J connectivity index is 1.81. The molecule has 28 heavy (non-hydrogen) atoms. The minimum absolute atomic E-state index is 0.0761. The number of benzene rings is 2. The summed E-state index contributed by atoms with van der Waals surface area (Å²) >= 11 is 0. The third-order valence-corrected chi connectivity index (χ3v) is 6.12. The molecule has 1 amide bonds. The molecule has 8 heteroatoms. The number of morpholine rings is 1. The lowest BCUT2D eigenvalue weighted by Crippen LogP contribution is -2.36. The monoisotopic (exact) mass is 403 g/mol. The molecule has 0 radical (unpaired) electrons. The van der Waals surface area contributed by atoms with Crippen LogP contribution in [0.3, 0.4) is 0 Å². The van der Waals surface area contributed by atoms with Crippen molar-refractivity contribution in [3.05, 3.63) is 53.6 Å². The van der Waals surface area contributed by atoms with Crippen LogP contribution in [0.15, 0.2) is 47.4 Å². The molecule has 0 unspecified atom stereocenters. The molecule has 0 aliphatic carbocycles. The van der Waals surface area contributed by atoms with E-state index < -0.39 is 10.0 Å². The Hall–Kier alpha value is -2.42. The molecule has 7 nitrogen and oxygen atoms in total. The maximum absolute atomic E-state index is 12.8. The fourth-order valence-electron chi connectivity index (χ4n) is 3.09. The molecule has 3 rings (SSSR count). The SMILES string of the molecule is CCNS(=O)(=O)c1ccc(C)c(C(=O)Nc2cccc(N3CCOCC3)c2)c1. The van der Waals surface area contributed by atoms with Crippen LogP contribution in [0.5, 0.6) is 0 Å².